The largest absolute Gasteiger partial charge is 0.481 e. The molecule has 2 rings (SSSR count). The Morgan fingerprint density at radius 2 is 1.86 bits per heavy atom. The SMILES string of the molecule is O=C(NCCC1CCCCO1)NC1CCC(C(=O)O)CC1. The highest BCUT2D eigenvalue weighted by atomic mass is 16.5. The number of carboxylic acid groups (broad SMARTS) is 1. The van der Waals surface area contributed by atoms with Crippen LogP contribution in [-0.2, 0) is 9.53 Å². The minimum absolute atomic E-state index is 0.103. The number of nitrogens with one attached hydrogen (secondary N) is 2. The summed E-state index contributed by atoms with van der Waals surface area (Å²) in [6.45, 7) is 1.46. The van der Waals surface area contributed by atoms with Crippen LogP contribution in [0.5, 0.6) is 0 Å². The van der Waals surface area contributed by atoms with E-state index in [1.807, 2.05) is 0 Å². The maximum Gasteiger partial charge on any atom is 0.315 e. The Morgan fingerprint density at radius 1 is 1.10 bits per heavy atom. The zero-order chi connectivity index (χ0) is 15.1. The average molecular weight is 298 g/mol. The normalized spacial score (nSPS) is 29.6. The molecule has 1 unspecified atom stereocenters. The first kappa shape index (κ1) is 16.1. The van der Waals surface area contributed by atoms with Crippen molar-refractivity contribution in [2.45, 2.75) is 63.5 Å². The number of carboxylic acids is 1. The van der Waals surface area contributed by atoms with Crippen LogP contribution in [0.2, 0.25) is 0 Å². The van der Waals surface area contributed by atoms with Gasteiger partial charge in [0.1, 0.15) is 0 Å². The molecule has 1 aliphatic heterocycles. The molecule has 2 amide bonds. The van der Waals surface area contributed by atoms with Crippen LogP contribution in [0.15, 0.2) is 0 Å². The van der Waals surface area contributed by atoms with Gasteiger partial charge in [0.2, 0.25) is 0 Å². The van der Waals surface area contributed by atoms with Crippen LogP contribution >= 0.6 is 0 Å². The zero-order valence-corrected chi connectivity index (χ0v) is 12.5. The Bertz CT molecular complexity index is 348. The first-order valence-electron chi connectivity index (χ1n) is 8.04. The Balaban J connectivity index is 1.56. The van der Waals surface area contributed by atoms with Gasteiger partial charge in [0.15, 0.2) is 0 Å². The van der Waals surface area contributed by atoms with Crippen LogP contribution in [0, 0.1) is 5.92 Å². The number of carbonyl (C=O) groups excluding carboxylic acids is 1. The van der Waals surface area contributed by atoms with Gasteiger partial charge in [-0.15, -0.1) is 0 Å². The lowest BCUT2D eigenvalue weighted by molar-refractivity contribution is -0.142. The summed E-state index contributed by atoms with van der Waals surface area (Å²) in [4.78, 5) is 22.7. The van der Waals surface area contributed by atoms with E-state index in [9.17, 15) is 9.59 Å². The van der Waals surface area contributed by atoms with Crippen LogP contribution in [0.4, 0.5) is 4.79 Å². The number of urea groups is 1. The fourth-order valence-corrected chi connectivity index (χ4v) is 3.10. The summed E-state index contributed by atoms with van der Waals surface area (Å²) in [5.41, 5.74) is 0. The number of hydrogen-bond donors (Lipinski definition) is 3. The van der Waals surface area contributed by atoms with Crippen molar-refractivity contribution < 1.29 is 19.4 Å². The molecule has 3 N–H and O–H groups in total. The van der Waals surface area contributed by atoms with E-state index in [4.69, 9.17) is 9.84 Å². The Hall–Kier alpha value is -1.30. The van der Waals surface area contributed by atoms with Crippen molar-refractivity contribution in [3.05, 3.63) is 0 Å². The van der Waals surface area contributed by atoms with E-state index in [-0.39, 0.29) is 24.1 Å². The van der Waals surface area contributed by atoms with Gasteiger partial charge >= 0.3 is 12.0 Å². The highest BCUT2D eigenvalue weighted by molar-refractivity contribution is 5.74. The zero-order valence-electron chi connectivity index (χ0n) is 12.5. The predicted octanol–water partition coefficient (Wildman–Crippen LogP) is 1.89. The molecule has 21 heavy (non-hydrogen) atoms. The standard InChI is InChI=1S/C15H26N2O4/c18-14(19)11-4-6-12(7-5-11)17-15(20)16-9-8-13-3-1-2-10-21-13/h11-13H,1-10H2,(H,18,19)(H2,16,17,20). The molecule has 0 bridgehead atoms. The molecule has 1 aliphatic carbocycles. The summed E-state index contributed by atoms with van der Waals surface area (Å²) in [6.07, 6.45) is 7.37. The molecule has 6 heteroatoms. The monoisotopic (exact) mass is 298 g/mol. The predicted molar refractivity (Wildman–Crippen MR) is 78.1 cm³/mol. The lowest BCUT2D eigenvalue weighted by Crippen LogP contribution is -2.44. The molecule has 0 aromatic rings. The van der Waals surface area contributed by atoms with Crippen molar-refractivity contribution in [2.24, 2.45) is 5.92 Å². The van der Waals surface area contributed by atoms with Crippen LogP contribution in [-0.4, -0.2) is 42.4 Å². The molecule has 6 nitrogen and oxygen atoms in total. The molecule has 1 saturated heterocycles. The van der Waals surface area contributed by atoms with E-state index < -0.39 is 5.97 Å². The summed E-state index contributed by atoms with van der Waals surface area (Å²) in [5, 5.41) is 14.7. The molecule has 1 atom stereocenters. The lowest BCUT2D eigenvalue weighted by Gasteiger charge is -2.27. The van der Waals surface area contributed by atoms with E-state index in [0.29, 0.717) is 19.4 Å². The minimum Gasteiger partial charge on any atom is -0.481 e. The van der Waals surface area contributed by atoms with Gasteiger partial charge in [0.25, 0.3) is 0 Å². The first-order chi connectivity index (χ1) is 10.1. The number of rotatable bonds is 5. The quantitative estimate of drug-likeness (QED) is 0.723. The van der Waals surface area contributed by atoms with Gasteiger partial charge in [-0.2, -0.15) is 0 Å². The molecule has 2 fully saturated rings. The number of ether oxygens (including phenoxy) is 1. The van der Waals surface area contributed by atoms with Gasteiger partial charge < -0.3 is 20.5 Å². The second-order valence-corrected chi connectivity index (χ2v) is 6.06. The van der Waals surface area contributed by atoms with E-state index in [0.717, 1.165) is 38.7 Å². The van der Waals surface area contributed by atoms with Gasteiger partial charge in [0, 0.05) is 19.2 Å². The molecule has 1 heterocycles. The topological polar surface area (TPSA) is 87.7 Å². The van der Waals surface area contributed by atoms with Crippen molar-refractivity contribution in [1.82, 2.24) is 10.6 Å². The Kier molecular flexibility index (Phi) is 6.29. The molecule has 120 valence electrons. The van der Waals surface area contributed by atoms with Gasteiger partial charge in [-0.25, -0.2) is 4.79 Å². The molecule has 0 radical (unpaired) electrons. The summed E-state index contributed by atoms with van der Waals surface area (Å²) >= 11 is 0. The Labute approximate surface area is 125 Å². The van der Waals surface area contributed by atoms with E-state index in [1.54, 1.807) is 0 Å². The second-order valence-electron chi connectivity index (χ2n) is 6.06. The van der Waals surface area contributed by atoms with E-state index in [1.165, 1.54) is 6.42 Å². The first-order valence-corrected chi connectivity index (χ1v) is 8.04. The molecular weight excluding hydrogens is 272 g/mol. The lowest BCUT2D eigenvalue weighted by atomic mass is 9.86. The molecule has 0 aromatic carbocycles. The fourth-order valence-electron chi connectivity index (χ4n) is 3.10. The highest BCUT2D eigenvalue weighted by Crippen LogP contribution is 2.24. The summed E-state index contributed by atoms with van der Waals surface area (Å²) in [7, 11) is 0. The van der Waals surface area contributed by atoms with E-state index >= 15 is 0 Å². The fraction of sp³-hybridized carbons (Fsp3) is 0.867. The molecule has 1 saturated carbocycles. The molecular formula is C15H26N2O4. The number of carbonyl (C=O) groups is 2. The summed E-state index contributed by atoms with van der Waals surface area (Å²) in [5.74, 6) is -0.958. The smallest absolute Gasteiger partial charge is 0.315 e. The third-order valence-corrected chi connectivity index (χ3v) is 4.44. The Morgan fingerprint density at radius 3 is 2.48 bits per heavy atom. The van der Waals surface area contributed by atoms with Gasteiger partial charge in [-0.05, 0) is 51.4 Å². The van der Waals surface area contributed by atoms with Crippen LogP contribution < -0.4 is 10.6 Å². The third kappa shape index (κ3) is 5.53. The van der Waals surface area contributed by atoms with Crippen LogP contribution in [0.1, 0.15) is 51.4 Å². The molecule has 2 aliphatic rings. The summed E-state index contributed by atoms with van der Waals surface area (Å²) in [6, 6.07) is -0.0453. The van der Waals surface area contributed by atoms with Crippen molar-refractivity contribution in [3.63, 3.8) is 0 Å². The van der Waals surface area contributed by atoms with Gasteiger partial charge in [0.05, 0.1) is 12.0 Å². The number of amides is 2. The maximum absolute atomic E-state index is 11.8. The third-order valence-electron chi connectivity index (χ3n) is 4.44. The van der Waals surface area contributed by atoms with Crippen molar-refractivity contribution >= 4 is 12.0 Å². The maximum atomic E-state index is 11.8. The van der Waals surface area contributed by atoms with Crippen LogP contribution in [0.3, 0.4) is 0 Å². The van der Waals surface area contributed by atoms with Gasteiger partial charge in [-0.3, -0.25) is 4.79 Å². The highest BCUT2D eigenvalue weighted by Gasteiger charge is 2.26. The van der Waals surface area contributed by atoms with E-state index in [2.05, 4.69) is 10.6 Å². The number of aliphatic carboxylic acids is 1. The number of hydrogen-bond acceptors (Lipinski definition) is 3. The molecule has 0 aromatic heterocycles. The average Bonchev–Trinajstić information content (AvgIpc) is 2.49. The summed E-state index contributed by atoms with van der Waals surface area (Å²) < 4.78 is 5.62. The molecule has 0 spiro atoms. The van der Waals surface area contributed by atoms with Crippen molar-refractivity contribution in [3.8, 4) is 0 Å². The van der Waals surface area contributed by atoms with Gasteiger partial charge in [-0.1, -0.05) is 0 Å². The van der Waals surface area contributed by atoms with Crippen molar-refractivity contribution in [2.75, 3.05) is 13.2 Å². The second kappa shape index (κ2) is 8.22. The minimum atomic E-state index is -0.717. The van der Waals surface area contributed by atoms with Crippen molar-refractivity contribution in [1.29, 1.82) is 0 Å². The van der Waals surface area contributed by atoms with Crippen LogP contribution in [0.25, 0.3) is 0 Å².